The highest BCUT2D eigenvalue weighted by molar-refractivity contribution is 5.26. The van der Waals surface area contributed by atoms with E-state index in [9.17, 15) is 13.2 Å². The van der Waals surface area contributed by atoms with Gasteiger partial charge in [-0.25, -0.2) is 0 Å². The number of nitrogens with one attached hydrogen (secondary N) is 1. The maximum Gasteiger partial charge on any atom is 0.390 e. The molecule has 0 atom stereocenters. The zero-order valence-corrected chi connectivity index (χ0v) is 13.3. The lowest BCUT2D eigenvalue weighted by Gasteiger charge is -2.11. The fraction of sp³-hybridized carbons (Fsp3) is 0.800. The van der Waals surface area contributed by atoms with Crippen LogP contribution in [0.3, 0.4) is 0 Å². The van der Waals surface area contributed by atoms with Crippen molar-refractivity contribution in [1.29, 1.82) is 0 Å². The van der Waals surface area contributed by atoms with Crippen LogP contribution in [0.5, 0.6) is 0 Å². The van der Waals surface area contributed by atoms with Gasteiger partial charge in [0.1, 0.15) is 0 Å². The van der Waals surface area contributed by atoms with Crippen molar-refractivity contribution in [2.24, 2.45) is 5.92 Å². The molecule has 1 aromatic heterocycles. The number of alkyl halides is 3. The Balaban J connectivity index is 2.87. The Morgan fingerprint density at radius 2 is 1.86 bits per heavy atom. The van der Waals surface area contributed by atoms with Crippen LogP contribution in [0.25, 0.3) is 0 Å². The van der Waals surface area contributed by atoms with Crippen LogP contribution in [0.15, 0.2) is 0 Å². The minimum Gasteiger partial charge on any atom is -0.312 e. The second-order valence-corrected chi connectivity index (χ2v) is 5.69. The second kappa shape index (κ2) is 7.82. The fourth-order valence-electron chi connectivity index (χ4n) is 2.38. The van der Waals surface area contributed by atoms with E-state index in [-0.39, 0.29) is 6.54 Å². The second-order valence-electron chi connectivity index (χ2n) is 5.69. The first-order valence-corrected chi connectivity index (χ1v) is 7.63. The molecule has 122 valence electrons. The Morgan fingerprint density at radius 3 is 2.33 bits per heavy atom. The third kappa shape index (κ3) is 5.69. The summed E-state index contributed by atoms with van der Waals surface area (Å²) in [5.41, 5.74) is 2.90. The summed E-state index contributed by atoms with van der Waals surface area (Å²) in [6.45, 7) is 9.68. The number of hydrogen-bond acceptors (Lipinski definition) is 2. The predicted molar refractivity (Wildman–Crippen MR) is 78.2 cm³/mol. The molecule has 6 heteroatoms. The molecule has 21 heavy (non-hydrogen) atoms. The van der Waals surface area contributed by atoms with E-state index in [1.54, 1.807) is 4.68 Å². The van der Waals surface area contributed by atoms with Crippen molar-refractivity contribution in [2.75, 3.05) is 6.54 Å². The molecule has 1 heterocycles. The van der Waals surface area contributed by atoms with Gasteiger partial charge >= 0.3 is 6.18 Å². The molecule has 0 aliphatic rings. The summed E-state index contributed by atoms with van der Waals surface area (Å²) in [6.07, 6.45) is -3.53. The fourth-order valence-corrected chi connectivity index (χ4v) is 2.38. The molecule has 0 aliphatic carbocycles. The van der Waals surface area contributed by atoms with E-state index < -0.39 is 12.6 Å². The maximum atomic E-state index is 12.4. The molecular formula is C15H26F3N3. The lowest BCUT2D eigenvalue weighted by atomic mass is 10.1. The van der Waals surface area contributed by atoms with Crippen molar-refractivity contribution >= 4 is 0 Å². The Hall–Kier alpha value is -1.04. The Bertz CT molecular complexity index is 436. The van der Waals surface area contributed by atoms with Crippen molar-refractivity contribution in [3.05, 3.63) is 17.0 Å². The van der Waals surface area contributed by atoms with E-state index in [1.165, 1.54) is 0 Å². The van der Waals surface area contributed by atoms with Gasteiger partial charge in [-0.1, -0.05) is 27.7 Å². The van der Waals surface area contributed by atoms with E-state index in [2.05, 4.69) is 24.3 Å². The summed E-state index contributed by atoms with van der Waals surface area (Å²) in [6, 6.07) is 0. The zero-order chi connectivity index (χ0) is 16.0. The number of aromatic nitrogens is 2. The standard InChI is InChI=1S/C15H26F3N3/c1-5-13-12(10-19-9-11(3)4)14(6-2)21(20-13)8-7-15(16,17)18/h11,19H,5-10H2,1-4H3. The topological polar surface area (TPSA) is 29.9 Å². The van der Waals surface area contributed by atoms with Crippen molar-refractivity contribution < 1.29 is 13.2 Å². The monoisotopic (exact) mass is 305 g/mol. The Morgan fingerprint density at radius 1 is 1.19 bits per heavy atom. The molecule has 3 nitrogen and oxygen atoms in total. The summed E-state index contributed by atoms with van der Waals surface area (Å²) < 4.78 is 38.8. The third-order valence-corrected chi connectivity index (χ3v) is 3.38. The predicted octanol–water partition coefficient (Wildman–Crippen LogP) is 3.71. The summed E-state index contributed by atoms with van der Waals surface area (Å²) >= 11 is 0. The quantitative estimate of drug-likeness (QED) is 0.793. The smallest absolute Gasteiger partial charge is 0.312 e. The maximum absolute atomic E-state index is 12.4. The Labute approximate surface area is 124 Å². The molecule has 0 fully saturated rings. The van der Waals surface area contributed by atoms with Gasteiger partial charge in [0.2, 0.25) is 0 Å². The van der Waals surface area contributed by atoms with Crippen molar-refractivity contribution in [1.82, 2.24) is 15.1 Å². The molecule has 0 bridgehead atoms. The van der Waals surface area contributed by atoms with Gasteiger partial charge in [-0.2, -0.15) is 18.3 Å². The van der Waals surface area contributed by atoms with Gasteiger partial charge < -0.3 is 5.32 Å². The molecule has 1 rings (SSSR count). The lowest BCUT2D eigenvalue weighted by molar-refractivity contribution is -0.137. The van der Waals surface area contributed by atoms with Gasteiger partial charge in [-0.05, 0) is 25.3 Å². The molecule has 0 aromatic carbocycles. The highest BCUT2D eigenvalue weighted by Gasteiger charge is 2.28. The lowest BCUT2D eigenvalue weighted by Crippen LogP contribution is -2.20. The summed E-state index contributed by atoms with van der Waals surface area (Å²) in [5.74, 6) is 0.542. The molecule has 0 saturated heterocycles. The number of hydrogen-bond donors (Lipinski definition) is 1. The van der Waals surface area contributed by atoms with E-state index in [1.807, 2.05) is 13.8 Å². The number of halogens is 3. The van der Waals surface area contributed by atoms with Crippen LogP contribution < -0.4 is 5.32 Å². The van der Waals surface area contributed by atoms with E-state index in [4.69, 9.17) is 0 Å². The molecule has 1 N–H and O–H groups in total. The highest BCUT2D eigenvalue weighted by atomic mass is 19.4. The third-order valence-electron chi connectivity index (χ3n) is 3.38. The number of rotatable bonds is 8. The molecule has 0 amide bonds. The summed E-state index contributed by atoms with van der Waals surface area (Å²) in [4.78, 5) is 0. The van der Waals surface area contributed by atoms with Crippen LogP contribution in [-0.2, 0) is 25.9 Å². The molecule has 0 saturated carbocycles. The number of aryl methyl sites for hydroxylation is 2. The highest BCUT2D eigenvalue weighted by Crippen LogP contribution is 2.23. The van der Waals surface area contributed by atoms with Gasteiger partial charge in [0.05, 0.1) is 12.1 Å². The average molecular weight is 305 g/mol. The van der Waals surface area contributed by atoms with Crippen molar-refractivity contribution in [3.8, 4) is 0 Å². The van der Waals surface area contributed by atoms with E-state index in [0.717, 1.165) is 29.9 Å². The number of nitrogens with zero attached hydrogens (tertiary/aromatic N) is 2. The first-order valence-electron chi connectivity index (χ1n) is 7.63. The summed E-state index contributed by atoms with van der Waals surface area (Å²) in [5, 5.41) is 7.74. The van der Waals surface area contributed by atoms with Gasteiger partial charge in [0, 0.05) is 24.3 Å². The minimum absolute atomic E-state index is 0.0934. The van der Waals surface area contributed by atoms with Crippen LogP contribution in [0.2, 0.25) is 0 Å². The normalized spacial score (nSPS) is 12.4. The summed E-state index contributed by atoms with van der Waals surface area (Å²) in [7, 11) is 0. The average Bonchev–Trinajstić information content (AvgIpc) is 2.72. The molecule has 0 unspecified atom stereocenters. The minimum atomic E-state index is -4.14. The first kappa shape index (κ1) is 18.0. The Kier molecular flexibility index (Phi) is 6.71. The van der Waals surface area contributed by atoms with Gasteiger partial charge in [-0.3, -0.25) is 4.68 Å². The van der Waals surface area contributed by atoms with E-state index >= 15 is 0 Å². The van der Waals surface area contributed by atoms with Crippen LogP contribution in [0, 0.1) is 5.92 Å². The molecule has 0 radical (unpaired) electrons. The van der Waals surface area contributed by atoms with Crippen LogP contribution in [-0.4, -0.2) is 22.5 Å². The molecule has 0 aliphatic heterocycles. The SMILES string of the molecule is CCc1nn(CCC(F)(F)F)c(CC)c1CNCC(C)C. The molecule has 0 spiro atoms. The van der Waals surface area contributed by atoms with Gasteiger partial charge in [0.25, 0.3) is 0 Å². The van der Waals surface area contributed by atoms with Gasteiger partial charge in [-0.15, -0.1) is 0 Å². The molecular weight excluding hydrogens is 279 g/mol. The van der Waals surface area contributed by atoms with Crippen molar-refractivity contribution in [3.63, 3.8) is 0 Å². The van der Waals surface area contributed by atoms with Gasteiger partial charge in [0.15, 0.2) is 0 Å². The largest absolute Gasteiger partial charge is 0.390 e. The zero-order valence-electron chi connectivity index (χ0n) is 13.3. The van der Waals surface area contributed by atoms with Crippen LogP contribution in [0.4, 0.5) is 13.2 Å². The first-order chi connectivity index (χ1) is 9.78. The van der Waals surface area contributed by atoms with E-state index in [0.29, 0.717) is 18.9 Å². The van der Waals surface area contributed by atoms with Crippen molar-refractivity contribution in [2.45, 2.75) is 66.2 Å². The van der Waals surface area contributed by atoms with Crippen LogP contribution in [0.1, 0.15) is 51.1 Å². The van der Waals surface area contributed by atoms with Crippen LogP contribution >= 0.6 is 0 Å². The molecule has 1 aromatic rings.